The fourth-order valence-electron chi connectivity index (χ4n) is 8.34. The van der Waals surface area contributed by atoms with E-state index in [1.54, 1.807) is 23.0 Å². The van der Waals surface area contributed by atoms with Crippen LogP contribution in [-0.4, -0.2) is 82.8 Å². The number of rotatable bonds is 12. The predicted octanol–water partition coefficient (Wildman–Crippen LogP) is 6.77. The number of ether oxygens (including phenoxy) is 1. The lowest BCUT2D eigenvalue weighted by Crippen LogP contribution is -2.61. The Kier molecular flexibility index (Phi) is 11.5. The van der Waals surface area contributed by atoms with Gasteiger partial charge in [-0.3, -0.25) is 9.36 Å². The van der Waals surface area contributed by atoms with Crippen molar-refractivity contribution in [2.45, 2.75) is 77.5 Å². The van der Waals surface area contributed by atoms with E-state index in [-0.39, 0.29) is 17.4 Å². The first-order valence-corrected chi connectivity index (χ1v) is 20.6. The first-order chi connectivity index (χ1) is 23.6. The van der Waals surface area contributed by atoms with E-state index in [9.17, 15) is 9.18 Å². The van der Waals surface area contributed by atoms with E-state index >= 15 is 0 Å². The quantitative estimate of drug-likeness (QED) is 0.158. The molecule has 266 valence electrons. The van der Waals surface area contributed by atoms with Crippen molar-refractivity contribution in [3.05, 3.63) is 64.5 Å². The van der Waals surface area contributed by atoms with Crippen molar-refractivity contribution in [2.75, 3.05) is 49.5 Å². The Balaban J connectivity index is 1.27. The number of fused-ring (bicyclic) bond motifs is 3. The van der Waals surface area contributed by atoms with Gasteiger partial charge in [-0.2, -0.15) is 23.5 Å². The highest BCUT2D eigenvalue weighted by Gasteiger charge is 2.56. The molecule has 3 saturated carbocycles. The molecule has 49 heavy (non-hydrogen) atoms. The lowest BCUT2D eigenvalue weighted by Gasteiger charge is -2.61. The third-order valence-electron chi connectivity index (χ3n) is 11.7. The predicted molar refractivity (Wildman–Crippen MR) is 205 cm³/mol. The summed E-state index contributed by atoms with van der Waals surface area (Å²) in [6, 6.07) is 11.6. The number of piperazine rings is 1. The zero-order valence-electron chi connectivity index (χ0n) is 29.9. The molecular formula is C38H53FN6O2S2. The highest BCUT2D eigenvalue weighted by atomic mass is 32.2. The fraction of sp³-hybridized carbons (Fsp3) is 0.605. The molecule has 2 heterocycles. The minimum Gasteiger partial charge on any atom is -0.497 e. The molecule has 4 fully saturated rings. The van der Waals surface area contributed by atoms with E-state index in [0.29, 0.717) is 64.5 Å². The van der Waals surface area contributed by atoms with Gasteiger partial charge in [-0.25, -0.2) is 14.4 Å². The topological polar surface area (TPSA) is 83.8 Å². The number of anilines is 1. The van der Waals surface area contributed by atoms with Crippen molar-refractivity contribution in [3.8, 4) is 5.75 Å². The Morgan fingerprint density at radius 3 is 2.65 bits per heavy atom. The molecule has 1 aromatic heterocycles. The smallest absolute Gasteiger partial charge is 0.261 e. The van der Waals surface area contributed by atoms with Crippen LogP contribution >= 0.6 is 23.5 Å². The van der Waals surface area contributed by atoms with Gasteiger partial charge in [0.25, 0.3) is 5.56 Å². The maximum absolute atomic E-state index is 14.6. The Bertz CT molecular complexity index is 1700. The normalized spacial score (nSPS) is 26.4. The Morgan fingerprint density at radius 2 is 1.94 bits per heavy atom. The van der Waals surface area contributed by atoms with E-state index in [0.717, 1.165) is 61.4 Å². The summed E-state index contributed by atoms with van der Waals surface area (Å²) in [7, 11) is 1.51. The molecule has 0 radical (unpaired) electrons. The number of aryl methyl sites for hydroxylation is 2. The van der Waals surface area contributed by atoms with Crippen molar-refractivity contribution >= 4 is 46.1 Å². The summed E-state index contributed by atoms with van der Waals surface area (Å²) < 4.78 is 21.2. The number of nitrogens with zero attached hydrogens (tertiary/aromatic N) is 4. The zero-order valence-corrected chi connectivity index (χ0v) is 31.5. The summed E-state index contributed by atoms with van der Waals surface area (Å²) in [5.41, 5.74) is 2.32. The van der Waals surface area contributed by atoms with Gasteiger partial charge in [0.1, 0.15) is 11.6 Å². The van der Waals surface area contributed by atoms with E-state index in [2.05, 4.69) is 53.8 Å². The summed E-state index contributed by atoms with van der Waals surface area (Å²) in [5.74, 6) is 5.27. The molecule has 3 aromatic rings. The van der Waals surface area contributed by atoms with Gasteiger partial charge in [-0.05, 0) is 109 Å². The van der Waals surface area contributed by atoms with Crippen molar-refractivity contribution in [1.29, 1.82) is 0 Å². The van der Waals surface area contributed by atoms with Gasteiger partial charge in [0.15, 0.2) is 5.96 Å². The van der Waals surface area contributed by atoms with E-state index in [4.69, 9.17) is 9.73 Å². The van der Waals surface area contributed by atoms with Crippen molar-refractivity contribution < 1.29 is 9.13 Å². The summed E-state index contributed by atoms with van der Waals surface area (Å²) in [6.07, 6.45) is 11.0. The Hall–Kier alpha value is -2.76. The molecule has 2 aromatic carbocycles. The van der Waals surface area contributed by atoms with Gasteiger partial charge in [0.05, 0.1) is 30.4 Å². The molecule has 2 N–H and O–H groups in total. The zero-order chi connectivity index (χ0) is 34.7. The molecule has 6 atom stereocenters. The van der Waals surface area contributed by atoms with Crippen LogP contribution in [0.1, 0.15) is 52.0 Å². The van der Waals surface area contributed by atoms with Crippen LogP contribution in [0.15, 0.2) is 52.5 Å². The molecule has 7 rings (SSSR count). The first-order valence-electron chi connectivity index (χ1n) is 17.8. The van der Waals surface area contributed by atoms with Gasteiger partial charge < -0.3 is 20.3 Å². The number of halogens is 1. The number of hydrogen-bond acceptors (Lipinski definition) is 7. The van der Waals surface area contributed by atoms with E-state index in [1.807, 2.05) is 41.7 Å². The minimum absolute atomic E-state index is 0.131. The van der Waals surface area contributed by atoms with E-state index in [1.165, 1.54) is 19.6 Å². The largest absolute Gasteiger partial charge is 0.497 e. The molecule has 11 heteroatoms. The van der Waals surface area contributed by atoms with Crippen LogP contribution in [0.2, 0.25) is 0 Å². The molecule has 8 nitrogen and oxygen atoms in total. The second kappa shape index (κ2) is 15.6. The fourth-order valence-corrected chi connectivity index (χ4v) is 9.37. The van der Waals surface area contributed by atoms with Crippen LogP contribution in [-0.2, 0) is 13.0 Å². The number of methoxy groups -OCH3 is 1. The summed E-state index contributed by atoms with van der Waals surface area (Å²) >= 11 is 3.80. The second-order valence-electron chi connectivity index (χ2n) is 14.8. The Morgan fingerprint density at radius 1 is 1.14 bits per heavy atom. The molecule has 0 amide bonds. The van der Waals surface area contributed by atoms with Gasteiger partial charge >= 0.3 is 0 Å². The van der Waals surface area contributed by atoms with Gasteiger partial charge in [0, 0.05) is 43.5 Å². The summed E-state index contributed by atoms with van der Waals surface area (Å²) in [5, 5.41) is 8.16. The van der Waals surface area contributed by atoms with Crippen LogP contribution < -0.4 is 20.9 Å². The number of guanidine groups is 1. The summed E-state index contributed by atoms with van der Waals surface area (Å²) in [4.78, 5) is 26.3. The lowest BCUT2D eigenvalue weighted by atomic mass is 9.45. The third-order valence-corrected chi connectivity index (χ3v) is 13.0. The summed E-state index contributed by atoms with van der Waals surface area (Å²) in [6.45, 7) is 9.48. The molecule has 4 aliphatic rings. The van der Waals surface area contributed by atoms with Gasteiger partial charge in [-0.15, -0.1) is 0 Å². The second-order valence-corrected chi connectivity index (χ2v) is 16.7. The van der Waals surface area contributed by atoms with Crippen LogP contribution in [0.25, 0.3) is 10.9 Å². The average molecular weight is 709 g/mol. The minimum atomic E-state index is -0.339. The SMILES string of the molecule is COc1ccc(CCn2cnc3cc(NC(=N[C@H]4C[C@@H]5C[C@H]([C@@H]4C)C5(C)C)N4C[C@H](CCSC)NC[C@@H]4CCSC)ccc3c2=O)c(F)c1. The van der Waals surface area contributed by atoms with Crippen LogP contribution in [0.5, 0.6) is 5.75 Å². The monoisotopic (exact) mass is 708 g/mol. The van der Waals surface area contributed by atoms with Gasteiger partial charge in [-0.1, -0.05) is 26.8 Å². The van der Waals surface area contributed by atoms with Crippen LogP contribution in [0.3, 0.4) is 0 Å². The number of aliphatic imine (C=N–C) groups is 1. The molecule has 3 aliphatic carbocycles. The first kappa shape index (κ1) is 36.0. The number of hydrogen-bond donors (Lipinski definition) is 2. The number of nitrogens with one attached hydrogen (secondary N) is 2. The highest BCUT2D eigenvalue weighted by Crippen LogP contribution is 2.61. The standard InChI is InChI=1S/C38H53FN6O2S2/c1-24-32-17-26(38(32,2)3)18-34(24)43-37(45-22-28(12-15-48-5)40-21-29(45)13-16-49-6)42-27-8-10-31-35(19-27)41-23-44(36(31)46)14-11-25-7-9-30(47-4)20-33(25)39/h7-10,19-20,23-24,26,28-29,32,34,40H,11-18,21-22H2,1-6H3,(H,42,43)/t24-,26-,28-,29-,32+,34-/m0/s1. The van der Waals surface area contributed by atoms with Gasteiger partial charge in [0.2, 0.25) is 0 Å². The highest BCUT2D eigenvalue weighted by molar-refractivity contribution is 7.98. The Labute approximate surface area is 299 Å². The van der Waals surface area contributed by atoms with Crippen molar-refractivity contribution in [3.63, 3.8) is 0 Å². The molecule has 1 aliphatic heterocycles. The molecular weight excluding hydrogens is 656 g/mol. The van der Waals surface area contributed by atoms with Crippen molar-refractivity contribution in [2.24, 2.45) is 28.2 Å². The van der Waals surface area contributed by atoms with Crippen molar-refractivity contribution in [1.82, 2.24) is 19.8 Å². The third kappa shape index (κ3) is 7.78. The number of benzene rings is 2. The number of thioether (sulfide) groups is 2. The average Bonchev–Trinajstić information content (AvgIpc) is 3.10. The molecule has 2 bridgehead atoms. The molecule has 0 unspecified atom stereocenters. The molecule has 1 saturated heterocycles. The number of aromatic nitrogens is 2. The molecule has 0 spiro atoms. The van der Waals surface area contributed by atoms with Crippen LogP contribution in [0, 0.1) is 29.0 Å². The lowest BCUT2D eigenvalue weighted by molar-refractivity contribution is -0.108. The van der Waals surface area contributed by atoms with Crippen LogP contribution in [0.4, 0.5) is 10.1 Å². The maximum atomic E-state index is 14.6. The van der Waals surface area contributed by atoms with E-state index < -0.39 is 0 Å². The maximum Gasteiger partial charge on any atom is 0.261 e.